The van der Waals surface area contributed by atoms with E-state index in [0.717, 1.165) is 30.2 Å². The van der Waals surface area contributed by atoms with Gasteiger partial charge in [0.2, 0.25) is 0 Å². The highest BCUT2D eigenvalue weighted by molar-refractivity contribution is 5.49. The Bertz CT molecular complexity index is 580. The average Bonchev–Trinajstić information content (AvgIpc) is 2.98. The maximum absolute atomic E-state index is 5.85. The van der Waals surface area contributed by atoms with E-state index >= 15 is 0 Å². The lowest BCUT2D eigenvalue weighted by Crippen LogP contribution is -2.23. The van der Waals surface area contributed by atoms with Gasteiger partial charge in [0, 0.05) is 36.8 Å². The van der Waals surface area contributed by atoms with Crippen molar-refractivity contribution in [1.29, 1.82) is 0 Å². The first-order chi connectivity index (χ1) is 9.78. The van der Waals surface area contributed by atoms with E-state index in [9.17, 15) is 0 Å². The Morgan fingerprint density at radius 3 is 2.75 bits per heavy atom. The molecule has 3 heteroatoms. The van der Waals surface area contributed by atoms with Crippen molar-refractivity contribution in [3.63, 3.8) is 0 Å². The molecular formula is C17H21N3. The lowest BCUT2D eigenvalue weighted by molar-refractivity contribution is 0.773. The molecule has 2 heterocycles. The van der Waals surface area contributed by atoms with Crippen LogP contribution in [-0.2, 0) is 6.54 Å². The second-order valence-electron chi connectivity index (χ2n) is 5.48. The first-order valence-corrected chi connectivity index (χ1v) is 7.24. The van der Waals surface area contributed by atoms with Crippen LogP contribution in [0.2, 0.25) is 0 Å². The van der Waals surface area contributed by atoms with Crippen LogP contribution in [0.15, 0.2) is 42.5 Å². The van der Waals surface area contributed by atoms with Crippen LogP contribution in [0.1, 0.15) is 29.2 Å². The second kappa shape index (κ2) is 5.63. The molecule has 1 unspecified atom stereocenters. The molecule has 0 aliphatic carbocycles. The van der Waals surface area contributed by atoms with Gasteiger partial charge in [-0.2, -0.15) is 0 Å². The fraction of sp³-hybridized carbons (Fsp3) is 0.353. The summed E-state index contributed by atoms with van der Waals surface area (Å²) in [5.41, 5.74) is 9.47. The summed E-state index contributed by atoms with van der Waals surface area (Å²) in [7, 11) is 0. The molecule has 0 spiro atoms. The number of anilines is 1. The predicted octanol–water partition coefficient (Wildman–Crippen LogP) is 2.84. The Labute approximate surface area is 120 Å². The smallest absolute Gasteiger partial charge is 0.133 e. The van der Waals surface area contributed by atoms with Crippen molar-refractivity contribution in [2.45, 2.75) is 25.8 Å². The monoisotopic (exact) mass is 267 g/mol. The van der Waals surface area contributed by atoms with Crippen molar-refractivity contribution in [3.05, 3.63) is 59.3 Å². The van der Waals surface area contributed by atoms with Gasteiger partial charge in [-0.15, -0.1) is 0 Å². The normalized spacial score (nSPS) is 18.5. The number of rotatable bonds is 3. The lowest BCUT2D eigenvalue weighted by Gasteiger charge is -2.21. The molecule has 1 aromatic carbocycles. The number of pyridine rings is 1. The molecule has 1 fully saturated rings. The summed E-state index contributed by atoms with van der Waals surface area (Å²) in [6.07, 6.45) is 1.18. The minimum Gasteiger partial charge on any atom is -0.356 e. The number of hydrogen-bond donors (Lipinski definition) is 1. The van der Waals surface area contributed by atoms with Gasteiger partial charge in [0.15, 0.2) is 0 Å². The molecule has 104 valence electrons. The molecule has 0 bridgehead atoms. The van der Waals surface area contributed by atoms with Gasteiger partial charge in [0.1, 0.15) is 5.82 Å². The van der Waals surface area contributed by atoms with Crippen molar-refractivity contribution >= 4 is 5.82 Å². The Kier molecular flexibility index (Phi) is 3.70. The van der Waals surface area contributed by atoms with Crippen molar-refractivity contribution in [2.24, 2.45) is 5.73 Å². The number of nitrogens with two attached hydrogens (primary N) is 1. The Balaban J connectivity index is 1.82. The first kappa shape index (κ1) is 13.1. The Morgan fingerprint density at radius 1 is 1.20 bits per heavy atom. The number of aryl methyl sites for hydroxylation is 1. The summed E-state index contributed by atoms with van der Waals surface area (Å²) < 4.78 is 0. The zero-order valence-corrected chi connectivity index (χ0v) is 11.9. The van der Waals surface area contributed by atoms with Gasteiger partial charge < -0.3 is 10.6 Å². The van der Waals surface area contributed by atoms with E-state index in [2.05, 4.69) is 41.3 Å². The maximum atomic E-state index is 5.85. The second-order valence-corrected chi connectivity index (χ2v) is 5.48. The van der Waals surface area contributed by atoms with Crippen molar-refractivity contribution in [3.8, 4) is 0 Å². The number of aromatic nitrogens is 1. The van der Waals surface area contributed by atoms with E-state index < -0.39 is 0 Å². The van der Waals surface area contributed by atoms with Gasteiger partial charge >= 0.3 is 0 Å². The third-order valence-electron chi connectivity index (χ3n) is 4.07. The summed E-state index contributed by atoms with van der Waals surface area (Å²) in [6.45, 7) is 4.68. The average molecular weight is 267 g/mol. The zero-order valence-electron chi connectivity index (χ0n) is 11.9. The molecule has 0 saturated carbocycles. The third-order valence-corrected chi connectivity index (χ3v) is 4.07. The van der Waals surface area contributed by atoms with Crippen LogP contribution in [0.5, 0.6) is 0 Å². The maximum Gasteiger partial charge on any atom is 0.133 e. The van der Waals surface area contributed by atoms with Gasteiger partial charge in [0.25, 0.3) is 0 Å². The molecule has 1 aliphatic heterocycles. The molecule has 2 aromatic rings. The standard InChI is InChI=1S/C17H21N3/c1-13-7-8-15(11-18)17(19-13)20-10-9-16(12-20)14-5-3-2-4-6-14/h2-8,16H,9-12,18H2,1H3. The van der Waals surface area contributed by atoms with Crippen molar-refractivity contribution in [1.82, 2.24) is 4.98 Å². The molecule has 1 saturated heterocycles. The van der Waals surface area contributed by atoms with Crippen LogP contribution in [0.4, 0.5) is 5.82 Å². The quantitative estimate of drug-likeness (QED) is 0.930. The summed E-state index contributed by atoms with van der Waals surface area (Å²) in [6, 6.07) is 14.9. The molecule has 1 atom stereocenters. The number of benzene rings is 1. The van der Waals surface area contributed by atoms with Crippen LogP contribution in [0.3, 0.4) is 0 Å². The van der Waals surface area contributed by atoms with Crippen molar-refractivity contribution < 1.29 is 0 Å². The lowest BCUT2D eigenvalue weighted by atomic mass is 9.99. The molecule has 2 N–H and O–H groups in total. The summed E-state index contributed by atoms with van der Waals surface area (Å²) in [4.78, 5) is 7.08. The van der Waals surface area contributed by atoms with E-state index in [0.29, 0.717) is 12.5 Å². The van der Waals surface area contributed by atoms with E-state index in [1.54, 1.807) is 0 Å². The van der Waals surface area contributed by atoms with Crippen LogP contribution < -0.4 is 10.6 Å². The highest BCUT2D eigenvalue weighted by Crippen LogP contribution is 2.31. The number of hydrogen-bond acceptors (Lipinski definition) is 3. The molecular weight excluding hydrogens is 246 g/mol. The van der Waals surface area contributed by atoms with Crippen molar-refractivity contribution in [2.75, 3.05) is 18.0 Å². The third kappa shape index (κ3) is 2.54. The summed E-state index contributed by atoms with van der Waals surface area (Å²) >= 11 is 0. The molecule has 0 radical (unpaired) electrons. The zero-order chi connectivity index (χ0) is 13.9. The highest BCUT2D eigenvalue weighted by atomic mass is 15.2. The van der Waals surface area contributed by atoms with E-state index in [4.69, 9.17) is 10.7 Å². The Morgan fingerprint density at radius 2 is 2.00 bits per heavy atom. The van der Waals surface area contributed by atoms with Crippen LogP contribution >= 0.6 is 0 Å². The van der Waals surface area contributed by atoms with E-state index in [1.807, 2.05) is 13.0 Å². The van der Waals surface area contributed by atoms with Gasteiger partial charge in [-0.1, -0.05) is 36.4 Å². The minimum atomic E-state index is 0.551. The van der Waals surface area contributed by atoms with Gasteiger partial charge in [-0.05, 0) is 25.0 Å². The molecule has 3 nitrogen and oxygen atoms in total. The molecule has 20 heavy (non-hydrogen) atoms. The largest absolute Gasteiger partial charge is 0.356 e. The van der Waals surface area contributed by atoms with Crippen LogP contribution in [0, 0.1) is 6.92 Å². The Hall–Kier alpha value is -1.87. The predicted molar refractivity (Wildman–Crippen MR) is 82.9 cm³/mol. The molecule has 1 aliphatic rings. The highest BCUT2D eigenvalue weighted by Gasteiger charge is 2.25. The van der Waals surface area contributed by atoms with Crippen LogP contribution in [0.25, 0.3) is 0 Å². The van der Waals surface area contributed by atoms with Crippen LogP contribution in [-0.4, -0.2) is 18.1 Å². The topological polar surface area (TPSA) is 42.1 Å². The number of nitrogens with zero attached hydrogens (tertiary/aromatic N) is 2. The van der Waals surface area contributed by atoms with Gasteiger partial charge in [-0.3, -0.25) is 0 Å². The van der Waals surface area contributed by atoms with Gasteiger partial charge in [0.05, 0.1) is 0 Å². The summed E-state index contributed by atoms with van der Waals surface area (Å²) in [5.74, 6) is 1.68. The first-order valence-electron chi connectivity index (χ1n) is 7.24. The molecule has 0 amide bonds. The fourth-order valence-corrected chi connectivity index (χ4v) is 2.95. The van der Waals surface area contributed by atoms with E-state index in [1.165, 1.54) is 12.0 Å². The summed E-state index contributed by atoms with van der Waals surface area (Å²) in [5, 5.41) is 0. The molecule has 1 aromatic heterocycles. The SMILES string of the molecule is Cc1ccc(CN)c(N2CCC(c3ccccc3)C2)n1. The molecule has 3 rings (SSSR count). The minimum absolute atomic E-state index is 0.551. The van der Waals surface area contributed by atoms with Gasteiger partial charge in [-0.25, -0.2) is 4.98 Å². The fourth-order valence-electron chi connectivity index (χ4n) is 2.95. The van der Waals surface area contributed by atoms with E-state index in [-0.39, 0.29) is 0 Å².